The van der Waals surface area contributed by atoms with Gasteiger partial charge in [0, 0.05) is 32.6 Å². The van der Waals surface area contributed by atoms with Gasteiger partial charge in [-0.25, -0.2) is 13.4 Å². The minimum absolute atomic E-state index is 0.121. The summed E-state index contributed by atoms with van der Waals surface area (Å²) in [7, 11) is 0.771. The monoisotopic (exact) mass is 296 g/mol. The summed E-state index contributed by atoms with van der Waals surface area (Å²) in [6, 6.07) is 5.83. The van der Waals surface area contributed by atoms with Gasteiger partial charge in [-0.3, -0.25) is 0 Å². The van der Waals surface area contributed by atoms with Crippen LogP contribution in [0, 0.1) is 0 Å². The molecule has 0 saturated heterocycles. The van der Waals surface area contributed by atoms with E-state index in [1.807, 2.05) is 47.8 Å². The first-order valence-electron chi connectivity index (χ1n) is 6.42. The van der Waals surface area contributed by atoms with Crippen molar-refractivity contribution >= 4 is 21.3 Å². The molecule has 0 unspecified atom stereocenters. The van der Waals surface area contributed by atoms with Crippen LogP contribution < -0.4 is 10.2 Å². The molecular weight excluding hydrogens is 276 g/mol. The fraction of sp³-hybridized carbons (Fsp3) is 0.462. The quantitative estimate of drug-likeness (QED) is 0.842. The van der Waals surface area contributed by atoms with Crippen LogP contribution in [0.5, 0.6) is 0 Å². The molecule has 0 aliphatic carbocycles. The van der Waals surface area contributed by atoms with Crippen molar-refractivity contribution in [3.63, 3.8) is 0 Å². The number of nitrogens with one attached hydrogen (secondary N) is 1. The summed E-state index contributed by atoms with van der Waals surface area (Å²) in [4.78, 5) is 6.48. The van der Waals surface area contributed by atoms with Crippen molar-refractivity contribution in [3.05, 3.63) is 30.1 Å². The van der Waals surface area contributed by atoms with E-state index >= 15 is 0 Å². The van der Waals surface area contributed by atoms with E-state index in [1.54, 1.807) is 0 Å². The summed E-state index contributed by atoms with van der Waals surface area (Å²) in [6.07, 6.45) is 3.21. The van der Waals surface area contributed by atoms with Gasteiger partial charge in [0.1, 0.15) is 15.5 Å². The Morgan fingerprint density at radius 2 is 2.15 bits per heavy atom. The molecule has 0 saturated carbocycles. The zero-order valence-corrected chi connectivity index (χ0v) is 12.8. The summed E-state index contributed by atoms with van der Waals surface area (Å²) < 4.78 is 24.6. The van der Waals surface area contributed by atoms with Gasteiger partial charge in [-0.05, 0) is 19.2 Å². The third-order valence-corrected chi connectivity index (χ3v) is 4.04. The van der Waals surface area contributed by atoms with E-state index in [4.69, 9.17) is 0 Å². The highest BCUT2D eigenvalue weighted by Gasteiger charge is 2.16. The van der Waals surface area contributed by atoms with Gasteiger partial charge in [0.2, 0.25) is 0 Å². The molecule has 6 nitrogen and oxygen atoms in total. The lowest BCUT2D eigenvalue weighted by Gasteiger charge is -2.17. The molecule has 0 bridgehead atoms. The second-order valence-corrected chi connectivity index (χ2v) is 7.15. The Kier molecular flexibility index (Phi) is 4.29. The van der Waals surface area contributed by atoms with Gasteiger partial charge >= 0.3 is 0 Å². The van der Waals surface area contributed by atoms with Gasteiger partial charge in [0.15, 0.2) is 5.82 Å². The third kappa shape index (κ3) is 3.29. The lowest BCUT2D eigenvalue weighted by molar-refractivity contribution is 0.601. The summed E-state index contributed by atoms with van der Waals surface area (Å²) in [5, 5.41) is 3.12. The van der Waals surface area contributed by atoms with Crippen LogP contribution in [0.15, 0.2) is 24.4 Å². The molecule has 0 spiro atoms. The number of fused-ring (bicyclic) bond motifs is 1. The third-order valence-electron chi connectivity index (χ3n) is 3.11. The number of hydrogen-bond donors (Lipinski definition) is 1. The molecule has 2 rings (SSSR count). The number of aromatic nitrogens is 2. The highest BCUT2D eigenvalue weighted by atomic mass is 32.2. The normalized spacial score (nSPS) is 11.9. The Morgan fingerprint density at radius 1 is 1.40 bits per heavy atom. The Labute approximate surface area is 119 Å². The topological polar surface area (TPSA) is 66.7 Å². The minimum atomic E-state index is -2.97. The average molecular weight is 296 g/mol. The van der Waals surface area contributed by atoms with E-state index in [0.29, 0.717) is 13.1 Å². The summed E-state index contributed by atoms with van der Waals surface area (Å²) >= 11 is 0. The largest absolute Gasteiger partial charge is 0.357 e. The molecule has 0 radical (unpaired) electrons. The Bertz CT molecular complexity index is 693. The van der Waals surface area contributed by atoms with Gasteiger partial charge in [-0.1, -0.05) is 6.07 Å². The second-order valence-electron chi connectivity index (χ2n) is 4.89. The summed E-state index contributed by atoms with van der Waals surface area (Å²) in [5.41, 5.74) is 1.89. The molecule has 2 heterocycles. The van der Waals surface area contributed by atoms with E-state index in [2.05, 4.69) is 10.3 Å². The van der Waals surface area contributed by atoms with E-state index < -0.39 is 9.84 Å². The molecule has 2 aromatic rings. The molecule has 0 atom stereocenters. The summed E-state index contributed by atoms with van der Waals surface area (Å²) in [6.45, 7) is 1.10. The molecule has 7 heteroatoms. The zero-order valence-electron chi connectivity index (χ0n) is 12.0. The number of hydrogen-bond acceptors (Lipinski definition) is 5. The van der Waals surface area contributed by atoms with Crippen molar-refractivity contribution in [3.8, 4) is 0 Å². The van der Waals surface area contributed by atoms with Gasteiger partial charge in [-0.15, -0.1) is 0 Å². The zero-order chi connectivity index (χ0) is 14.8. The number of rotatable bonds is 6. The first-order chi connectivity index (χ1) is 9.42. The van der Waals surface area contributed by atoms with Gasteiger partial charge in [0.05, 0.1) is 11.4 Å². The van der Waals surface area contributed by atoms with Crippen LogP contribution in [-0.4, -0.2) is 50.5 Å². The number of pyridine rings is 1. The molecule has 1 N–H and O–H groups in total. The number of imidazole rings is 1. The Hall–Kier alpha value is -1.60. The molecule has 0 amide bonds. The first kappa shape index (κ1) is 14.8. The van der Waals surface area contributed by atoms with Crippen LogP contribution in [0.25, 0.3) is 5.65 Å². The molecule has 0 aliphatic rings. The van der Waals surface area contributed by atoms with Crippen LogP contribution in [0.4, 0.5) is 5.82 Å². The Morgan fingerprint density at radius 3 is 2.80 bits per heavy atom. The second kappa shape index (κ2) is 5.80. The molecule has 20 heavy (non-hydrogen) atoms. The van der Waals surface area contributed by atoms with Crippen molar-refractivity contribution < 1.29 is 8.42 Å². The highest BCUT2D eigenvalue weighted by Crippen LogP contribution is 2.20. The standard InChI is InChI=1S/C13H20N4O2S/c1-14-10-11-13(16(2)8-9-20(3,18)19)15-12-6-4-5-7-17(11)12/h4-7,14H,8-10H2,1-3H3. The van der Waals surface area contributed by atoms with Gasteiger partial charge < -0.3 is 14.6 Å². The minimum Gasteiger partial charge on any atom is -0.357 e. The number of sulfone groups is 1. The maximum Gasteiger partial charge on any atom is 0.152 e. The first-order valence-corrected chi connectivity index (χ1v) is 8.48. The van der Waals surface area contributed by atoms with Crippen LogP contribution >= 0.6 is 0 Å². The molecule has 0 aromatic carbocycles. The van der Waals surface area contributed by atoms with Crippen LogP contribution in [-0.2, 0) is 16.4 Å². The fourth-order valence-corrected chi connectivity index (χ4v) is 2.69. The van der Waals surface area contributed by atoms with E-state index in [9.17, 15) is 8.42 Å². The lowest BCUT2D eigenvalue weighted by atomic mass is 10.4. The number of nitrogens with zero attached hydrogens (tertiary/aromatic N) is 3. The fourth-order valence-electron chi connectivity index (χ4n) is 2.08. The van der Waals surface area contributed by atoms with Gasteiger partial charge in [0.25, 0.3) is 0 Å². The van der Waals surface area contributed by atoms with Crippen molar-refractivity contribution in [1.29, 1.82) is 0 Å². The predicted molar refractivity (Wildman–Crippen MR) is 80.9 cm³/mol. The number of anilines is 1. The van der Waals surface area contributed by atoms with Crippen LogP contribution in [0.2, 0.25) is 0 Å². The van der Waals surface area contributed by atoms with Gasteiger partial charge in [-0.2, -0.15) is 0 Å². The van der Waals surface area contributed by atoms with E-state index in [1.165, 1.54) is 6.26 Å². The Balaban J connectivity index is 2.34. The van der Waals surface area contributed by atoms with E-state index in [0.717, 1.165) is 17.2 Å². The summed E-state index contributed by atoms with van der Waals surface area (Å²) in [5.74, 6) is 0.935. The average Bonchev–Trinajstić information content (AvgIpc) is 2.75. The van der Waals surface area contributed by atoms with Crippen molar-refractivity contribution in [2.24, 2.45) is 0 Å². The van der Waals surface area contributed by atoms with Crippen molar-refractivity contribution in [2.75, 3.05) is 37.5 Å². The van der Waals surface area contributed by atoms with Crippen LogP contribution in [0.1, 0.15) is 5.69 Å². The molecule has 2 aromatic heterocycles. The lowest BCUT2D eigenvalue weighted by Crippen LogP contribution is -2.26. The van der Waals surface area contributed by atoms with Crippen LogP contribution in [0.3, 0.4) is 0 Å². The molecule has 0 aliphatic heterocycles. The maximum atomic E-state index is 11.3. The SMILES string of the molecule is CNCc1c(N(C)CCS(C)(=O)=O)nc2ccccn12. The predicted octanol–water partition coefficient (Wildman–Crippen LogP) is 0.535. The highest BCUT2D eigenvalue weighted by molar-refractivity contribution is 7.90. The van der Waals surface area contributed by atoms with E-state index in [-0.39, 0.29) is 5.75 Å². The molecule has 0 fully saturated rings. The molecular formula is C13H20N4O2S. The van der Waals surface area contributed by atoms with Crippen molar-refractivity contribution in [2.45, 2.75) is 6.54 Å². The molecule has 110 valence electrons. The van der Waals surface area contributed by atoms with Crippen molar-refractivity contribution in [1.82, 2.24) is 14.7 Å². The maximum absolute atomic E-state index is 11.3. The smallest absolute Gasteiger partial charge is 0.152 e.